The van der Waals surface area contributed by atoms with Gasteiger partial charge >= 0.3 is 0 Å². The number of furan rings is 1. The van der Waals surface area contributed by atoms with E-state index in [0.717, 1.165) is 11.2 Å². The van der Waals surface area contributed by atoms with Gasteiger partial charge in [0.25, 0.3) is 0 Å². The Labute approximate surface area is 192 Å². The summed E-state index contributed by atoms with van der Waals surface area (Å²) in [6.07, 6.45) is 0. The maximum absolute atomic E-state index is 6.18. The highest BCUT2D eigenvalue weighted by Gasteiger charge is 2.18. The van der Waals surface area contributed by atoms with E-state index in [1.54, 1.807) is 0 Å². The van der Waals surface area contributed by atoms with Crippen LogP contribution in [-0.4, -0.2) is 4.57 Å². The Morgan fingerprint density at radius 3 is 1.91 bits per heavy atom. The Bertz CT molecular complexity index is 1980. The lowest BCUT2D eigenvalue weighted by atomic mass is 10.1. The lowest BCUT2D eigenvalue weighted by Gasteiger charge is -2.09. The van der Waals surface area contributed by atoms with Crippen molar-refractivity contribution < 1.29 is 4.42 Å². The number of aromatic nitrogens is 1. The number of hydrogen-bond donors (Lipinski definition) is 0. The first-order valence-corrected chi connectivity index (χ1v) is 11.9. The van der Waals surface area contributed by atoms with Crippen molar-refractivity contribution >= 4 is 75.3 Å². The fourth-order valence-electron chi connectivity index (χ4n) is 5.41. The molecule has 0 aliphatic rings. The molecule has 0 saturated heterocycles. The van der Waals surface area contributed by atoms with Gasteiger partial charge in [0, 0.05) is 37.0 Å². The molecule has 154 valence electrons. The summed E-state index contributed by atoms with van der Waals surface area (Å²) in [5.74, 6) is 0. The van der Waals surface area contributed by atoms with Crippen molar-refractivity contribution in [1.29, 1.82) is 0 Å². The highest BCUT2D eigenvalue weighted by molar-refractivity contribution is 7.27. The second-order valence-electron chi connectivity index (χ2n) is 8.54. The molecule has 8 rings (SSSR count). The van der Waals surface area contributed by atoms with Crippen LogP contribution >= 0.6 is 11.3 Å². The van der Waals surface area contributed by atoms with Gasteiger partial charge in [0.2, 0.25) is 0 Å². The van der Waals surface area contributed by atoms with Gasteiger partial charge < -0.3 is 8.98 Å². The van der Waals surface area contributed by atoms with Crippen molar-refractivity contribution in [3.8, 4) is 5.69 Å². The number of hydrogen-bond acceptors (Lipinski definition) is 2. The molecule has 5 aromatic carbocycles. The van der Waals surface area contributed by atoms with Crippen molar-refractivity contribution in [3.05, 3.63) is 103 Å². The van der Waals surface area contributed by atoms with Gasteiger partial charge in [0.15, 0.2) is 0 Å². The second-order valence-corrected chi connectivity index (χ2v) is 9.56. The zero-order valence-electron chi connectivity index (χ0n) is 17.6. The van der Waals surface area contributed by atoms with Crippen LogP contribution in [0.2, 0.25) is 0 Å². The summed E-state index contributed by atoms with van der Waals surface area (Å²) in [6, 6.07) is 36.8. The minimum atomic E-state index is 0.945. The van der Waals surface area contributed by atoms with E-state index in [2.05, 4.69) is 102 Å². The first-order chi connectivity index (χ1) is 16.4. The van der Waals surface area contributed by atoms with Crippen LogP contribution in [0, 0.1) is 0 Å². The molecule has 0 aliphatic heterocycles. The molecular formula is C30H17NOS. The van der Waals surface area contributed by atoms with Crippen LogP contribution in [0.25, 0.3) is 69.6 Å². The Kier molecular flexibility index (Phi) is 3.31. The number of thiophene rings is 1. The molecule has 0 spiro atoms. The molecule has 0 radical (unpaired) electrons. The third-order valence-corrected chi connectivity index (χ3v) is 8.07. The van der Waals surface area contributed by atoms with E-state index in [1.807, 2.05) is 17.4 Å². The Morgan fingerprint density at radius 1 is 0.485 bits per heavy atom. The number of nitrogens with zero attached hydrogens (tertiary/aromatic N) is 1. The van der Waals surface area contributed by atoms with Crippen LogP contribution < -0.4 is 0 Å². The van der Waals surface area contributed by atoms with Gasteiger partial charge in [-0.25, -0.2) is 0 Å². The maximum Gasteiger partial charge on any atom is 0.136 e. The molecule has 0 N–H and O–H groups in total. The number of rotatable bonds is 1. The zero-order chi connectivity index (χ0) is 21.5. The quantitative estimate of drug-likeness (QED) is 0.249. The van der Waals surface area contributed by atoms with Gasteiger partial charge in [-0.2, -0.15) is 0 Å². The molecule has 3 heterocycles. The van der Waals surface area contributed by atoms with Crippen molar-refractivity contribution in [2.24, 2.45) is 0 Å². The van der Waals surface area contributed by atoms with Crippen LogP contribution in [0.5, 0.6) is 0 Å². The predicted octanol–water partition coefficient (Wildman–Crippen LogP) is 9.05. The molecule has 3 aromatic heterocycles. The SMILES string of the molecule is c1ccc2c(c1)oc1ccc3c4cccc(-n5c6ccccc6c6ccccc65)c4sc3c12. The van der Waals surface area contributed by atoms with Gasteiger partial charge in [0.05, 0.1) is 21.4 Å². The zero-order valence-corrected chi connectivity index (χ0v) is 18.4. The monoisotopic (exact) mass is 439 g/mol. The first-order valence-electron chi connectivity index (χ1n) is 11.1. The van der Waals surface area contributed by atoms with E-state index >= 15 is 0 Å². The highest BCUT2D eigenvalue weighted by atomic mass is 32.1. The van der Waals surface area contributed by atoms with E-state index in [-0.39, 0.29) is 0 Å². The van der Waals surface area contributed by atoms with Gasteiger partial charge in [-0.15, -0.1) is 11.3 Å². The van der Waals surface area contributed by atoms with E-state index < -0.39 is 0 Å². The standard InChI is InChI=1S/C30H17NOS/c1-4-12-23-18(8-1)19-9-2-5-13-24(19)31(23)25-14-7-11-20-21-16-17-27-28(30(21)33-29(20)25)22-10-3-6-15-26(22)32-27/h1-17H. The summed E-state index contributed by atoms with van der Waals surface area (Å²) in [5, 5.41) is 7.56. The predicted molar refractivity (Wildman–Crippen MR) is 141 cm³/mol. The summed E-state index contributed by atoms with van der Waals surface area (Å²) >= 11 is 1.87. The highest BCUT2D eigenvalue weighted by Crippen LogP contribution is 2.45. The van der Waals surface area contributed by atoms with Crippen molar-refractivity contribution in [3.63, 3.8) is 0 Å². The smallest absolute Gasteiger partial charge is 0.136 e. The van der Waals surface area contributed by atoms with Gasteiger partial charge in [0.1, 0.15) is 11.2 Å². The van der Waals surface area contributed by atoms with Crippen LogP contribution in [0.15, 0.2) is 108 Å². The first kappa shape index (κ1) is 17.5. The van der Waals surface area contributed by atoms with E-state index in [4.69, 9.17) is 4.42 Å². The minimum absolute atomic E-state index is 0.945. The molecule has 33 heavy (non-hydrogen) atoms. The molecule has 2 nitrogen and oxygen atoms in total. The van der Waals surface area contributed by atoms with E-state index in [1.165, 1.54) is 58.4 Å². The Morgan fingerprint density at radius 2 is 1.12 bits per heavy atom. The lowest BCUT2D eigenvalue weighted by molar-refractivity contribution is 0.669. The van der Waals surface area contributed by atoms with E-state index in [0.29, 0.717) is 0 Å². The third-order valence-electron chi connectivity index (χ3n) is 6.81. The Balaban J connectivity index is 1.57. The van der Waals surface area contributed by atoms with Gasteiger partial charge in [-0.3, -0.25) is 0 Å². The molecule has 0 fully saturated rings. The van der Waals surface area contributed by atoms with Crippen LogP contribution in [0.4, 0.5) is 0 Å². The van der Waals surface area contributed by atoms with Crippen LogP contribution in [-0.2, 0) is 0 Å². The summed E-state index contributed by atoms with van der Waals surface area (Å²) < 4.78 is 11.2. The number of para-hydroxylation sites is 3. The largest absolute Gasteiger partial charge is 0.456 e. The molecule has 0 atom stereocenters. The second kappa shape index (κ2) is 6.25. The van der Waals surface area contributed by atoms with Crippen molar-refractivity contribution in [2.45, 2.75) is 0 Å². The topological polar surface area (TPSA) is 18.1 Å². The van der Waals surface area contributed by atoms with Crippen molar-refractivity contribution in [1.82, 2.24) is 4.57 Å². The summed E-state index contributed by atoms with van der Waals surface area (Å²) in [6.45, 7) is 0. The summed E-state index contributed by atoms with van der Waals surface area (Å²) in [5.41, 5.74) is 5.60. The molecule has 0 saturated carbocycles. The maximum atomic E-state index is 6.18. The average molecular weight is 440 g/mol. The van der Waals surface area contributed by atoms with Crippen LogP contribution in [0.3, 0.4) is 0 Å². The van der Waals surface area contributed by atoms with E-state index in [9.17, 15) is 0 Å². The average Bonchev–Trinajstić information content (AvgIpc) is 3.53. The van der Waals surface area contributed by atoms with Gasteiger partial charge in [-0.05, 0) is 36.4 Å². The number of fused-ring (bicyclic) bond motifs is 10. The fourth-order valence-corrected chi connectivity index (χ4v) is 6.76. The lowest BCUT2D eigenvalue weighted by Crippen LogP contribution is -1.93. The molecule has 0 amide bonds. The molecule has 0 aliphatic carbocycles. The van der Waals surface area contributed by atoms with Crippen molar-refractivity contribution in [2.75, 3.05) is 0 Å². The molecule has 0 unspecified atom stereocenters. The molecule has 8 aromatic rings. The summed E-state index contributed by atoms with van der Waals surface area (Å²) in [4.78, 5) is 0. The van der Waals surface area contributed by atoms with Crippen LogP contribution in [0.1, 0.15) is 0 Å². The van der Waals surface area contributed by atoms with Gasteiger partial charge in [-0.1, -0.05) is 66.7 Å². The molecule has 3 heteroatoms. The summed E-state index contributed by atoms with van der Waals surface area (Å²) in [7, 11) is 0. The molecule has 0 bridgehead atoms. The normalized spacial score (nSPS) is 12.2. The third kappa shape index (κ3) is 2.22. The fraction of sp³-hybridized carbons (Fsp3) is 0. The Hall–Kier alpha value is -4.08. The molecular weight excluding hydrogens is 422 g/mol. The number of benzene rings is 5. The minimum Gasteiger partial charge on any atom is -0.456 e.